The van der Waals surface area contributed by atoms with Gasteiger partial charge in [-0.25, -0.2) is 0 Å². The average molecular weight is 707 g/mol. The second-order valence-corrected chi connectivity index (χ2v) is 16.2. The van der Waals surface area contributed by atoms with Crippen LogP contribution in [0.1, 0.15) is 138 Å². The number of epoxide rings is 1. The highest BCUT2D eigenvalue weighted by Gasteiger charge is 2.46. The zero-order valence-electron chi connectivity index (χ0n) is 33.6. The first-order chi connectivity index (χ1) is 24.5. The van der Waals surface area contributed by atoms with Crippen molar-refractivity contribution in [2.75, 3.05) is 52.6 Å². The van der Waals surface area contributed by atoms with Crippen molar-refractivity contribution in [1.29, 1.82) is 0 Å². The predicted octanol–water partition coefficient (Wildman–Crippen LogP) is 10.6. The molecule has 3 atom stereocenters. The van der Waals surface area contributed by atoms with E-state index in [0.717, 1.165) is 116 Å². The van der Waals surface area contributed by atoms with Crippen molar-refractivity contribution in [3.05, 3.63) is 70.4 Å². The molecule has 51 heavy (non-hydrogen) atoms. The van der Waals surface area contributed by atoms with Crippen molar-refractivity contribution in [3.8, 4) is 0 Å². The molecule has 1 N–H and O–H groups in total. The van der Waals surface area contributed by atoms with Gasteiger partial charge in [-0.2, -0.15) is 0 Å². The molecule has 1 aliphatic carbocycles. The molecule has 1 unspecified atom stereocenters. The van der Waals surface area contributed by atoms with Crippen LogP contribution in [0.2, 0.25) is 0 Å². The van der Waals surface area contributed by atoms with Gasteiger partial charge in [-0.05, 0) is 143 Å². The van der Waals surface area contributed by atoms with Gasteiger partial charge >= 0.3 is 0 Å². The van der Waals surface area contributed by atoms with Crippen LogP contribution in [0.5, 0.6) is 0 Å². The molecule has 2 heterocycles. The molecule has 2 fully saturated rings. The predicted molar refractivity (Wildman–Crippen MR) is 215 cm³/mol. The van der Waals surface area contributed by atoms with E-state index in [1.54, 1.807) is 5.57 Å². The Morgan fingerprint density at radius 2 is 1.57 bits per heavy atom. The van der Waals surface area contributed by atoms with Crippen molar-refractivity contribution >= 4 is 5.91 Å². The Kier molecular flexibility index (Phi) is 20.4. The Balaban J connectivity index is 1.45. The molecule has 0 spiro atoms. The van der Waals surface area contributed by atoms with Crippen molar-refractivity contribution in [1.82, 2.24) is 10.2 Å². The number of nitrogens with zero attached hydrogens (tertiary/aromatic N) is 1. The van der Waals surface area contributed by atoms with Gasteiger partial charge in [0, 0.05) is 32.5 Å². The second-order valence-electron chi connectivity index (χ2n) is 16.2. The third-order valence-corrected chi connectivity index (χ3v) is 10.5. The summed E-state index contributed by atoms with van der Waals surface area (Å²) in [6.45, 7) is 24.3. The lowest BCUT2D eigenvalue weighted by molar-refractivity contribution is -0.124. The van der Waals surface area contributed by atoms with E-state index in [9.17, 15) is 4.79 Å². The summed E-state index contributed by atoms with van der Waals surface area (Å²) in [5, 5.41) is 3.10. The first-order valence-corrected chi connectivity index (χ1v) is 20.3. The summed E-state index contributed by atoms with van der Waals surface area (Å²) in [6.07, 6.45) is 27.6. The number of nitrogens with one attached hydrogen (secondary N) is 1. The number of carbonyl (C=O) groups excluding carboxylic acids is 1. The SMILES string of the molecule is C=C(CC/C=C(\C)CCC=C(C)C)CC[C@H]1C=C(CC/C=C(\C)CCC=C(C)C)C[C@@H](COC2(CCC(=O)NCCCN3CCOCC3)CO2)C1. The standard InChI is InChI=1S/C45H74N2O4/c1-36(2)13-8-15-38(5)17-10-18-40(7)21-22-42-31-41(20-11-19-39(6)16-9-14-37(3)4)32-43(33-42)34-50-45(35-51-45)24-23-44(48)46-25-12-26-47-27-29-49-30-28-47/h13-14,17,19,31,42-43H,7-12,15-16,18,20-30,32-35H2,1-6H3,(H,46,48)/b38-17+,39-19+/t42-,43+,45?/m0/s1. The fourth-order valence-electron chi connectivity index (χ4n) is 7.19. The van der Waals surface area contributed by atoms with Crippen LogP contribution in [0.15, 0.2) is 70.4 Å². The lowest BCUT2D eigenvalue weighted by atomic mass is 9.79. The van der Waals surface area contributed by atoms with Gasteiger partial charge in [-0.1, -0.05) is 70.4 Å². The number of allylic oxidation sites excluding steroid dienone is 11. The molecule has 0 aromatic carbocycles. The molecule has 1 amide bonds. The summed E-state index contributed by atoms with van der Waals surface area (Å²) in [6, 6.07) is 0. The molecular formula is C45H74N2O4. The van der Waals surface area contributed by atoms with E-state index in [4.69, 9.17) is 14.2 Å². The van der Waals surface area contributed by atoms with Crippen LogP contribution in [0.25, 0.3) is 0 Å². The van der Waals surface area contributed by atoms with Gasteiger partial charge in [0.25, 0.3) is 0 Å². The Morgan fingerprint density at radius 1 is 0.922 bits per heavy atom. The van der Waals surface area contributed by atoms with Gasteiger partial charge < -0.3 is 19.5 Å². The molecular weight excluding hydrogens is 633 g/mol. The van der Waals surface area contributed by atoms with Gasteiger partial charge in [-0.3, -0.25) is 9.69 Å². The monoisotopic (exact) mass is 707 g/mol. The quantitative estimate of drug-likeness (QED) is 0.0582. The van der Waals surface area contributed by atoms with Crippen molar-refractivity contribution in [2.45, 2.75) is 144 Å². The number of hydrogen-bond donors (Lipinski definition) is 1. The zero-order valence-corrected chi connectivity index (χ0v) is 33.6. The molecule has 6 nitrogen and oxygen atoms in total. The van der Waals surface area contributed by atoms with E-state index in [1.165, 1.54) is 27.9 Å². The molecule has 2 aliphatic heterocycles. The summed E-state index contributed by atoms with van der Waals surface area (Å²) in [5.74, 6) is 0.561. The first-order valence-electron chi connectivity index (χ1n) is 20.3. The lowest BCUT2D eigenvalue weighted by Crippen LogP contribution is -2.38. The third kappa shape index (κ3) is 20.0. The molecule has 0 aromatic heterocycles. The van der Waals surface area contributed by atoms with Crippen LogP contribution in [0.3, 0.4) is 0 Å². The van der Waals surface area contributed by atoms with Crippen molar-refractivity contribution in [2.24, 2.45) is 11.8 Å². The van der Waals surface area contributed by atoms with Crippen molar-refractivity contribution < 1.29 is 19.0 Å². The van der Waals surface area contributed by atoms with E-state index in [0.29, 0.717) is 44.4 Å². The molecule has 3 rings (SSSR count). The lowest BCUT2D eigenvalue weighted by Gasteiger charge is -2.30. The third-order valence-electron chi connectivity index (χ3n) is 10.5. The van der Waals surface area contributed by atoms with Gasteiger partial charge in [0.05, 0.1) is 19.8 Å². The van der Waals surface area contributed by atoms with Crippen LogP contribution in [0.4, 0.5) is 0 Å². The molecule has 0 bridgehead atoms. The Morgan fingerprint density at radius 3 is 2.22 bits per heavy atom. The average Bonchev–Trinajstić information content (AvgIpc) is 3.87. The molecule has 0 aromatic rings. The topological polar surface area (TPSA) is 63.3 Å². The Labute approximate surface area is 312 Å². The van der Waals surface area contributed by atoms with Gasteiger partial charge in [0.1, 0.15) is 6.61 Å². The highest BCUT2D eigenvalue weighted by atomic mass is 16.8. The van der Waals surface area contributed by atoms with E-state index in [1.807, 2.05) is 0 Å². The van der Waals surface area contributed by atoms with Crippen LogP contribution in [-0.2, 0) is 19.0 Å². The molecule has 3 aliphatic rings. The summed E-state index contributed by atoms with van der Waals surface area (Å²) in [4.78, 5) is 15.0. The van der Waals surface area contributed by atoms with E-state index >= 15 is 0 Å². The minimum absolute atomic E-state index is 0.0946. The second kappa shape index (κ2) is 24.1. The normalized spacial score (nSPS) is 22.7. The number of ether oxygens (including phenoxy) is 3. The van der Waals surface area contributed by atoms with Crippen LogP contribution in [-0.4, -0.2) is 69.2 Å². The molecule has 288 valence electrons. The first kappa shape index (κ1) is 43.2. The maximum absolute atomic E-state index is 12.6. The maximum Gasteiger partial charge on any atom is 0.220 e. The summed E-state index contributed by atoms with van der Waals surface area (Å²) >= 11 is 0. The largest absolute Gasteiger partial charge is 0.379 e. The van der Waals surface area contributed by atoms with Gasteiger partial charge in [0.2, 0.25) is 5.91 Å². The van der Waals surface area contributed by atoms with Crippen LogP contribution in [0, 0.1) is 11.8 Å². The zero-order chi connectivity index (χ0) is 36.9. The maximum atomic E-state index is 12.6. The molecule has 0 saturated carbocycles. The van der Waals surface area contributed by atoms with E-state index in [2.05, 4.69) is 88.7 Å². The smallest absolute Gasteiger partial charge is 0.220 e. The number of amides is 1. The van der Waals surface area contributed by atoms with E-state index < -0.39 is 5.79 Å². The Hall–Kier alpha value is -2.25. The van der Waals surface area contributed by atoms with Crippen molar-refractivity contribution in [3.63, 3.8) is 0 Å². The fraction of sp³-hybridized carbons (Fsp3) is 0.711. The molecule has 2 saturated heterocycles. The van der Waals surface area contributed by atoms with E-state index in [-0.39, 0.29) is 5.91 Å². The fourth-order valence-corrected chi connectivity index (χ4v) is 7.19. The minimum Gasteiger partial charge on any atom is -0.379 e. The van der Waals surface area contributed by atoms with Crippen LogP contribution >= 0.6 is 0 Å². The van der Waals surface area contributed by atoms with Crippen LogP contribution < -0.4 is 5.32 Å². The Bertz CT molecular complexity index is 1210. The highest BCUT2D eigenvalue weighted by Crippen LogP contribution is 2.38. The number of hydrogen-bond acceptors (Lipinski definition) is 5. The number of morpholine rings is 1. The highest BCUT2D eigenvalue weighted by molar-refractivity contribution is 5.75. The van der Waals surface area contributed by atoms with Gasteiger partial charge in [-0.15, -0.1) is 0 Å². The summed E-state index contributed by atoms with van der Waals surface area (Å²) < 4.78 is 17.7. The molecule has 0 radical (unpaired) electrons. The summed E-state index contributed by atoms with van der Waals surface area (Å²) in [5.41, 5.74) is 8.73. The minimum atomic E-state index is -0.571. The summed E-state index contributed by atoms with van der Waals surface area (Å²) in [7, 11) is 0. The number of carbonyl (C=O) groups is 1. The molecule has 6 heteroatoms. The van der Waals surface area contributed by atoms with Gasteiger partial charge in [0.15, 0.2) is 5.79 Å². The number of rotatable bonds is 25.